The minimum Gasteiger partial charge on any atom is -0.465 e. The first-order valence-corrected chi connectivity index (χ1v) is 5.77. The number of rotatable bonds is 3. The summed E-state index contributed by atoms with van der Waals surface area (Å²) in [5.74, 6) is 0.200. The third-order valence-electron chi connectivity index (χ3n) is 2.58. The van der Waals surface area contributed by atoms with Crippen LogP contribution in [0.2, 0.25) is 0 Å². The maximum absolute atomic E-state index is 11.3. The lowest BCUT2D eigenvalue weighted by atomic mass is 9.98. The van der Waals surface area contributed by atoms with Gasteiger partial charge in [-0.05, 0) is 46.0 Å². The highest BCUT2D eigenvalue weighted by molar-refractivity contribution is 9.10. The smallest absolute Gasteiger partial charge is 0.338 e. The monoisotopic (exact) mass is 270 g/mol. The molecule has 15 heavy (non-hydrogen) atoms. The number of hydrogen-bond acceptors (Lipinski definition) is 2. The summed E-state index contributed by atoms with van der Waals surface area (Å²) in [5.41, 5.74) is 1.81. The van der Waals surface area contributed by atoms with E-state index in [0.29, 0.717) is 11.5 Å². The molecule has 1 unspecified atom stereocenters. The van der Waals surface area contributed by atoms with E-state index in [9.17, 15) is 4.79 Å². The minimum absolute atomic E-state index is 0.308. The molecule has 0 N–H and O–H groups in total. The zero-order valence-electron chi connectivity index (χ0n) is 9.21. The molecular formula is C12H15BrO2. The molecule has 0 heterocycles. The van der Waals surface area contributed by atoms with Crippen LogP contribution < -0.4 is 0 Å². The number of methoxy groups -OCH3 is 1. The molecule has 0 aromatic heterocycles. The van der Waals surface area contributed by atoms with Crippen molar-refractivity contribution in [1.29, 1.82) is 0 Å². The van der Waals surface area contributed by atoms with Crippen LogP contribution in [0.15, 0.2) is 22.7 Å². The molecule has 0 saturated heterocycles. The average Bonchev–Trinajstić information content (AvgIpc) is 2.26. The van der Waals surface area contributed by atoms with Gasteiger partial charge in [-0.1, -0.05) is 19.9 Å². The summed E-state index contributed by atoms with van der Waals surface area (Å²) in [4.78, 5) is 11.3. The van der Waals surface area contributed by atoms with Crippen molar-refractivity contribution in [2.45, 2.75) is 26.2 Å². The average molecular weight is 271 g/mol. The number of halogens is 1. The van der Waals surface area contributed by atoms with Gasteiger partial charge in [0, 0.05) is 4.47 Å². The molecule has 0 aliphatic carbocycles. The molecule has 0 aliphatic heterocycles. The quantitative estimate of drug-likeness (QED) is 0.782. The molecule has 0 bridgehead atoms. The molecule has 0 amide bonds. The fraction of sp³-hybridized carbons (Fsp3) is 0.417. The fourth-order valence-corrected chi connectivity index (χ4v) is 1.91. The second-order valence-corrected chi connectivity index (χ2v) is 4.39. The van der Waals surface area contributed by atoms with Crippen LogP contribution in [0.4, 0.5) is 0 Å². The Labute approximate surface area is 98.8 Å². The van der Waals surface area contributed by atoms with Gasteiger partial charge in [0.1, 0.15) is 0 Å². The highest BCUT2D eigenvalue weighted by Gasteiger charge is 2.12. The summed E-state index contributed by atoms with van der Waals surface area (Å²) in [6.45, 7) is 4.31. The summed E-state index contributed by atoms with van der Waals surface area (Å²) in [5, 5.41) is 0. The SMILES string of the molecule is CCC(C)c1ccc(C(=O)OC)c(Br)c1. The first-order chi connectivity index (χ1) is 7.10. The van der Waals surface area contributed by atoms with Crippen molar-refractivity contribution in [1.82, 2.24) is 0 Å². The summed E-state index contributed by atoms with van der Waals surface area (Å²) in [6, 6.07) is 5.77. The number of benzene rings is 1. The molecule has 1 rings (SSSR count). The molecule has 0 fully saturated rings. The molecule has 0 aliphatic rings. The Kier molecular flexibility index (Phi) is 4.33. The fourth-order valence-electron chi connectivity index (χ4n) is 1.35. The Morgan fingerprint density at radius 2 is 2.20 bits per heavy atom. The van der Waals surface area contributed by atoms with E-state index in [4.69, 9.17) is 0 Å². The zero-order valence-corrected chi connectivity index (χ0v) is 10.8. The third kappa shape index (κ3) is 2.81. The maximum Gasteiger partial charge on any atom is 0.338 e. The lowest BCUT2D eigenvalue weighted by Gasteiger charge is -2.10. The molecule has 1 aromatic rings. The van der Waals surface area contributed by atoms with E-state index in [-0.39, 0.29) is 5.97 Å². The van der Waals surface area contributed by atoms with Gasteiger partial charge in [0.25, 0.3) is 0 Å². The van der Waals surface area contributed by atoms with Crippen LogP contribution in [0.1, 0.15) is 42.1 Å². The number of hydrogen-bond donors (Lipinski definition) is 0. The van der Waals surface area contributed by atoms with Crippen molar-refractivity contribution >= 4 is 21.9 Å². The van der Waals surface area contributed by atoms with E-state index in [1.807, 2.05) is 12.1 Å². The molecular weight excluding hydrogens is 256 g/mol. The lowest BCUT2D eigenvalue weighted by molar-refractivity contribution is 0.0599. The molecule has 3 heteroatoms. The van der Waals surface area contributed by atoms with Crippen molar-refractivity contribution in [3.63, 3.8) is 0 Å². The van der Waals surface area contributed by atoms with Gasteiger partial charge in [-0.2, -0.15) is 0 Å². The predicted molar refractivity (Wildman–Crippen MR) is 64.2 cm³/mol. The highest BCUT2D eigenvalue weighted by Crippen LogP contribution is 2.25. The van der Waals surface area contributed by atoms with Gasteiger partial charge in [-0.3, -0.25) is 0 Å². The zero-order chi connectivity index (χ0) is 11.4. The van der Waals surface area contributed by atoms with Gasteiger partial charge < -0.3 is 4.74 Å². The number of carbonyl (C=O) groups excluding carboxylic acids is 1. The summed E-state index contributed by atoms with van der Waals surface area (Å²) < 4.78 is 5.47. The van der Waals surface area contributed by atoms with Crippen LogP contribution in [0.5, 0.6) is 0 Å². The van der Waals surface area contributed by atoms with Crippen molar-refractivity contribution in [2.24, 2.45) is 0 Å². The largest absolute Gasteiger partial charge is 0.465 e. The van der Waals surface area contributed by atoms with Crippen molar-refractivity contribution < 1.29 is 9.53 Å². The lowest BCUT2D eigenvalue weighted by Crippen LogP contribution is -2.03. The molecule has 1 aromatic carbocycles. The highest BCUT2D eigenvalue weighted by atomic mass is 79.9. The third-order valence-corrected chi connectivity index (χ3v) is 3.24. The van der Waals surface area contributed by atoms with Crippen molar-refractivity contribution in [2.75, 3.05) is 7.11 Å². The van der Waals surface area contributed by atoms with E-state index in [2.05, 4.69) is 34.5 Å². The van der Waals surface area contributed by atoms with E-state index in [1.54, 1.807) is 6.07 Å². The van der Waals surface area contributed by atoms with Crippen LogP contribution in [-0.4, -0.2) is 13.1 Å². The Bertz CT molecular complexity index is 361. The van der Waals surface area contributed by atoms with Crippen LogP contribution in [0.25, 0.3) is 0 Å². The van der Waals surface area contributed by atoms with E-state index in [0.717, 1.165) is 10.9 Å². The van der Waals surface area contributed by atoms with Gasteiger partial charge in [-0.25, -0.2) is 4.79 Å². The van der Waals surface area contributed by atoms with E-state index < -0.39 is 0 Å². The summed E-state index contributed by atoms with van der Waals surface area (Å²) >= 11 is 3.39. The second-order valence-electron chi connectivity index (χ2n) is 3.54. The Morgan fingerprint density at radius 3 is 2.67 bits per heavy atom. The van der Waals surface area contributed by atoms with Crippen LogP contribution in [-0.2, 0) is 4.74 Å². The van der Waals surface area contributed by atoms with Gasteiger partial charge in [0.05, 0.1) is 12.7 Å². The van der Waals surface area contributed by atoms with Gasteiger partial charge in [0.15, 0.2) is 0 Å². The molecule has 0 radical (unpaired) electrons. The summed E-state index contributed by atoms with van der Waals surface area (Å²) in [7, 11) is 1.39. The van der Waals surface area contributed by atoms with Gasteiger partial charge in [-0.15, -0.1) is 0 Å². The second kappa shape index (κ2) is 5.31. The first kappa shape index (κ1) is 12.2. The Balaban J connectivity index is 3.03. The normalized spacial score (nSPS) is 12.3. The topological polar surface area (TPSA) is 26.3 Å². The Morgan fingerprint density at radius 1 is 1.53 bits per heavy atom. The van der Waals surface area contributed by atoms with Crippen molar-refractivity contribution in [3.8, 4) is 0 Å². The van der Waals surface area contributed by atoms with Crippen molar-refractivity contribution in [3.05, 3.63) is 33.8 Å². The van der Waals surface area contributed by atoms with Crippen LogP contribution in [0, 0.1) is 0 Å². The predicted octanol–water partition coefficient (Wildman–Crippen LogP) is 3.75. The number of carbonyl (C=O) groups is 1. The molecule has 0 saturated carbocycles. The van der Waals surface area contributed by atoms with Gasteiger partial charge >= 0.3 is 5.97 Å². The van der Waals surface area contributed by atoms with E-state index >= 15 is 0 Å². The maximum atomic E-state index is 11.3. The molecule has 1 atom stereocenters. The number of esters is 1. The van der Waals surface area contributed by atoms with E-state index in [1.165, 1.54) is 12.7 Å². The molecule has 82 valence electrons. The molecule has 2 nitrogen and oxygen atoms in total. The molecule has 0 spiro atoms. The van der Waals surface area contributed by atoms with Gasteiger partial charge in [0.2, 0.25) is 0 Å². The number of ether oxygens (including phenoxy) is 1. The van der Waals surface area contributed by atoms with Crippen LogP contribution >= 0.6 is 15.9 Å². The first-order valence-electron chi connectivity index (χ1n) is 4.97. The minimum atomic E-state index is -0.308. The van der Waals surface area contributed by atoms with Crippen LogP contribution in [0.3, 0.4) is 0 Å². The standard InChI is InChI=1S/C12H15BrO2/c1-4-8(2)9-5-6-10(11(13)7-9)12(14)15-3/h5-8H,4H2,1-3H3. The Hall–Kier alpha value is -0.830. The summed E-state index contributed by atoms with van der Waals surface area (Å²) in [6.07, 6.45) is 1.09.